The number of piperazine rings is 1. The Morgan fingerprint density at radius 2 is 2.29 bits per heavy atom. The summed E-state index contributed by atoms with van der Waals surface area (Å²) >= 11 is 0. The van der Waals surface area contributed by atoms with Crippen molar-refractivity contribution in [3.63, 3.8) is 0 Å². The highest BCUT2D eigenvalue weighted by Gasteiger charge is 2.32. The highest BCUT2D eigenvalue weighted by molar-refractivity contribution is 5.94. The van der Waals surface area contributed by atoms with Crippen LogP contribution in [0.3, 0.4) is 0 Å². The summed E-state index contributed by atoms with van der Waals surface area (Å²) in [4.78, 5) is 28.8. The number of nitrogens with zero attached hydrogens (tertiary/aromatic N) is 3. The molecule has 1 unspecified atom stereocenters. The summed E-state index contributed by atoms with van der Waals surface area (Å²) in [6.07, 6.45) is 0.573. The molecule has 0 spiro atoms. The quantitative estimate of drug-likeness (QED) is 0.775. The molecule has 2 amide bonds. The Balaban J connectivity index is 2.09. The zero-order valence-electron chi connectivity index (χ0n) is 9.77. The number of aromatic nitrogens is 2. The summed E-state index contributed by atoms with van der Waals surface area (Å²) in [5.74, 6) is 0.594. The second-order valence-corrected chi connectivity index (χ2v) is 3.96. The van der Waals surface area contributed by atoms with E-state index in [0.29, 0.717) is 18.1 Å². The van der Waals surface area contributed by atoms with Gasteiger partial charge in [-0.05, 0) is 13.3 Å². The van der Waals surface area contributed by atoms with E-state index in [1.165, 1.54) is 4.90 Å². The number of rotatable bonds is 3. The average Bonchev–Trinajstić information content (AvgIpc) is 2.69. The minimum Gasteiger partial charge on any atom is -0.343 e. The van der Waals surface area contributed by atoms with Crippen molar-refractivity contribution in [1.29, 1.82) is 0 Å². The van der Waals surface area contributed by atoms with Crippen molar-refractivity contribution in [3.8, 4) is 0 Å². The summed E-state index contributed by atoms with van der Waals surface area (Å²) in [5, 5.41) is 6.28. The zero-order valence-corrected chi connectivity index (χ0v) is 9.77. The SMILES string of the molecule is CCC1NC(=O)CN(Cc2nc(C)no2)C1=O. The fourth-order valence-corrected chi connectivity index (χ4v) is 1.75. The molecule has 0 saturated carbocycles. The smallest absolute Gasteiger partial charge is 0.246 e. The van der Waals surface area contributed by atoms with Crippen LogP contribution in [0.1, 0.15) is 25.1 Å². The molecule has 92 valence electrons. The van der Waals surface area contributed by atoms with E-state index in [1.807, 2.05) is 6.92 Å². The maximum absolute atomic E-state index is 11.9. The topological polar surface area (TPSA) is 88.3 Å². The monoisotopic (exact) mass is 238 g/mol. The van der Waals surface area contributed by atoms with Crippen LogP contribution in [0.5, 0.6) is 0 Å². The number of hydrogen-bond donors (Lipinski definition) is 1. The van der Waals surface area contributed by atoms with Gasteiger partial charge in [-0.2, -0.15) is 4.98 Å². The number of nitrogens with one attached hydrogen (secondary N) is 1. The predicted octanol–water partition coefficient (Wildman–Crippen LogP) is -0.385. The van der Waals surface area contributed by atoms with Crippen LogP contribution < -0.4 is 5.32 Å². The molecule has 7 heteroatoms. The summed E-state index contributed by atoms with van der Waals surface area (Å²) < 4.78 is 4.93. The van der Waals surface area contributed by atoms with Crippen molar-refractivity contribution < 1.29 is 14.1 Å². The van der Waals surface area contributed by atoms with Crippen LogP contribution in [0, 0.1) is 6.92 Å². The predicted molar refractivity (Wildman–Crippen MR) is 56.7 cm³/mol. The fourth-order valence-electron chi connectivity index (χ4n) is 1.75. The molecule has 2 rings (SSSR count). The van der Waals surface area contributed by atoms with Gasteiger partial charge in [-0.3, -0.25) is 9.59 Å². The van der Waals surface area contributed by atoms with Crippen molar-refractivity contribution in [2.75, 3.05) is 6.54 Å². The van der Waals surface area contributed by atoms with Crippen molar-refractivity contribution in [2.24, 2.45) is 0 Å². The Bertz CT molecular complexity index is 443. The summed E-state index contributed by atoms with van der Waals surface area (Å²) in [6.45, 7) is 3.77. The minimum absolute atomic E-state index is 0.0385. The van der Waals surface area contributed by atoms with Crippen molar-refractivity contribution in [1.82, 2.24) is 20.4 Å². The first kappa shape index (κ1) is 11.6. The third-order valence-corrected chi connectivity index (χ3v) is 2.58. The van der Waals surface area contributed by atoms with Crippen LogP contribution >= 0.6 is 0 Å². The number of carbonyl (C=O) groups excluding carboxylic acids is 2. The van der Waals surface area contributed by atoms with Gasteiger partial charge in [0.2, 0.25) is 17.7 Å². The van der Waals surface area contributed by atoms with Crippen molar-refractivity contribution in [2.45, 2.75) is 32.9 Å². The van der Waals surface area contributed by atoms with Crippen LogP contribution in [0.25, 0.3) is 0 Å². The normalized spacial score (nSPS) is 20.6. The van der Waals surface area contributed by atoms with Crippen molar-refractivity contribution in [3.05, 3.63) is 11.7 Å². The molecular weight excluding hydrogens is 224 g/mol. The summed E-state index contributed by atoms with van der Waals surface area (Å²) in [6, 6.07) is -0.444. The van der Waals surface area contributed by atoms with E-state index < -0.39 is 6.04 Å². The lowest BCUT2D eigenvalue weighted by molar-refractivity contribution is -0.145. The third-order valence-electron chi connectivity index (χ3n) is 2.58. The molecule has 1 N–H and O–H groups in total. The summed E-state index contributed by atoms with van der Waals surface area (Å²) in [5.41, 5.74) is 0. The van der Waals surface area contributed by atoms with E-state index >= 15 is 0 Å². The molecule has 2 heterocycles. The van der Waals surface area contributed by atoms with Crippen LogP contribution in [-0.4, -0.2) is 39.4 Å². The first-order chi connectivity index (χ1) is 8.10. The van der Waals surface area contributed by atoms with Gasteiger partial charge in [0, 0.05) is 0 Å². The van der Waals surface area contributed by atoms with E-state index in [1.54, 1.807) is 6.92 Å². The second kappa shape index (κ2) is 4.52. The van der Waals surface area contributed by atoms with Gasteiger partial charge in [0.1, 0.15) is 19.1 Å². The van der Waals surface area contributed by atoms with Crippen LogP contribution in [0.2, 0.25) is 0 Å². The van der Waals surface area contributed by atoms with Gasteiger partial charge in [-0.1, -0.05) is 12.1 Å². The van der Waals surface area contributed by atoms with E-state index in [0.717, 1.165) is 0 Å². The molecule has 1 fully saturated rings. The van der Waals surface area contributed by atoms with E-state index in [2.05, 4.69) is 15.5 Å². The van der Waals surface area contributed by atoms with E-state index in [9.17, 15) is 9.59 Å². The minimum atomic E-state index is -0.444. The molecule has 0 bridgehead atoms. The molecular formula is C10H14N4O3. The number of aryl methyl sites for hydroxylation is 1. The highest BCUT2D eigenvalue weighted by atomic mass is 16.5. The van der Waals surface area contributed by atoms with Gasteiger partial charge in [0.25, 0.3) is 0 Å². The molecule has 1 aliphatic rings. The lowest BCUT2D eigenvalue weighted by Gasteiger charge is -2.30. The lowest BCUT2D eigenvalue weighted by atomic mass is 10.1. The first-order valence-corrected chi connectivity index (χ1v) is 5.47. The van der Waals surface area contributed by atoms with Crippen molar-refractivity contribution >= 4 is 11.8 Å². The Kier molecular flexibility index (Phi) is 3.08. The van der Waals surface area contributed by atoms with Gasteiger partial charge >= 0.3 is 0 Å². The standard InChI is InChI=1S/C10H14N4O3/c1-3-7-10(16)14(4-8(15)12-7)5-9-11-6(2)13-17-9/h7H,3-5H2,1-2H3,(H,12,15). The molecule has 1 aromatic rings. The van der Waals surface area contributed by atoms with E-state index in [-0.39, 0.29) is 24.9 Å². The fraction of sp³-hybridized carbons (Fsp3) is 0.600. The average molecular weight is 238 g/mol. The van der Waals surface area contributed by atoms with Crippen LogP contribution in [0.4, 0.5) is 0 Å². The largest absolute Gasteiger partial charge is 0.343 e. The molecule has 1 saturated heterocycles. The Morgan fingerprint density at radius 1 is 1.53 bits per heavy atom. The zero-order chi connectivity index (χ0) is 12.4. The highest BCUT2D eigenvalue weighted by Crippen LogP contribution is 2.09. The molecule has 1 aliphatic heterocycles. The molecule has 0 aromatic carbocycles. The van der Waals surface area contributed by atoms with E-state index in [4.69, 9.17) is 4.52 Å². The lowest BCUT2D eigenvalue weighted by Crippen LogP contribution is -2.57. The maximum Gasteiger partial charge on any atom is 0.246 e. The molecule has 0 radical (unpaired) electrons. The summed E-state index contributed by atoms with van der Waals surface area (Å²) in [7, 11) is 0. The third kappa shape index (κ3) is 2.43. The second-order valence-electron chi connectivity index (χ2n) is 3.96. The first-order valence-electron chi connectivity index (χ1n) is 5.47. The Labute approximate surface area is 98.2 Å². The number of carbonyl (C=O) groups is 2. The molecule has 0 aliphatic carbocycles. The maximum atomic E-state index is 11.9. The Morgan fingerprint density at radius 3 is 2.88 bits per heavy atom. The van der Waals surface area contributed by atoms with Crippen LogP contribution in [0.15, 0.2) is 4.52 Å². The van der Waals surface area contributed by atoms with Crippen LogP contribution in [-0.2, 0) is 16.1 Å². The molecule has 7 nitrogen and oxygen atoms in total. The molecule has 17 heavy (non-hydrogen) atoms. The Hall–Kier alpha value is -1.92. The van der Waals surface area contributed by atoms with Gasteiger partial charge in [0.05, 0.1) is 0 Å². The number of amides is 2. The van der Waals surface area contributed by atoms with Gasteiger partial charge < -0.3 is 14.7 Å². The number of hydrogen-bond acceptors (Lipinski definition) is 5. The van der Waals surface area contributed by atoms with Gasteiger partial charge in [-0.25, -0.2) is 0 Å². The van der Waals surface area contributed by atoms with Gasteiger partial charge in [-0.15, -0.1) is 0 Å². The van der Waals surface area contributed by atoms with Gasteiger partial charge in [0.15, 0.2) is 5.82 Å². The molecule has 1 aromatic heterocycles. The molecule has 1 atom stereocenters.